The van der Waals surface area contributed by atoms with Crippen molar-refractivity contribution in [3.8, 4) is 6.07 Å². The van der Waals surface area contributed by atoms with Gasteiger partial charge in [-0.05, 0) is 37.3 Å². The fraction of sp³-hybridized carbons (Fsp3) is 0.154. The molecule has 18 heavy (non-hydrogen) atoms. The number of pyridine rings is 1. The summed E-state index contributed by atoms with van der Waals surface area (Å²) in [7, 11) is 0. The molecule has 0 fully saturated rings. The monoisotopic (exact) mass is 260 g/mol. The molecule has 0 amide bonds. The molecule has 5 heteroatoms. The molecule has 0 aliphatic carbocycles. The Balaban J connectivity index is 2.33. The Kier molecular flexibility index (Phi) is 3.45. The van der Waals surface area contributed by atoms with Crippen molar-refractivity contribution in [2.75, 3.05) is 0 Å². The second-order valence-corrected chi connectivity index (χ2v) is 4.11. The third-order valence-corrected chi connectivity index (χ3v) is 2.57. The number of hydrogen-bond acceptors (Lipinski definition) is 4. The summed E-state index contributed by atoms with van der Waals surface area (Å²) >= 11 is 5.77. The van der Waals surface area contributed by atoms with Crippen molar-refractivity contribution in [2.24, 2.45) is 0 Å². The van der Waals surface area contributed by atoms with Crippen LogP contribution in [0.1, 0.15) is 17.3 Å². The van der Waals surface area contributed by atoms with Crippen LogP contribution in [0.5, 0.6) is 0 Å². The summed E-state index contributed by atoms with van der Waals surface area (Å²) in [5.41, 5.74) is 1.08. The maximum absolute atomic E-state index is 11.7. The van der Waals surface area contributed by atoms with E-state index in [1.165, 1.54) is 6.92 Å². The van der Waals surface area contributed by atoms with Gasteiger partial charge in [-0.2, -0.15) is 5.26 Å². The molecule has 1 aromatic carbocycles. The molecule has 1 heterocycles. The molecule has 0 N–H and O–H groups in total. The molecule has 1 atom stereocenters. The SMILES string of the molecule is CC(C#N)OC(=O)c1ccc2nc(Cl)ccc2c1. The number of nitriles is 1. The number of carbonyl (C=O) groups is 1. The predicted octanol–water partition coefficient (Wildman–Crippen LogP) is 2.96. The van der Waals surface area contributed by atoms with E-state index in [-0.39, 0.29) is 0 Å². The smallest absolute Gasteiger partial charge is 0.339 e. The van der Waals surface area contributed by atoms with E-state index >= 15 is 0 Å². The topological polar surface area (TPSA) is 63.0 Å². The first-order valence-corrected chi connectivity index (χ1v) is 5.65. The highest BCUT2D eigenvalue weighted by Gasteiger charge is 2.11. The normalized spacial score (nSPS) is 11.8. The van der Waals surface area contributed by atoms with Gasteiger partial charge in [0.05, 0.1) is 11.1 Å². The molecule has 4 nitrogen and oxygen atoms in total. The molecule has 2 aromatic rings. The highest BCUT2D eigenvalue weighted by Crippen LogP contribution is 2.17. The number of nitrogens with zero attached hydrogens (tertiary/aromatic N) is 2. The number of carbonyl (C=O) groups excluding carboxylic acids is 1. The zero-order valence-electron chi connectivity index (χ0n) is 9.55. The summed E-state index contributed by atoms with van der Waals surface area (Å²) in [4.78, 5) is 15.8. The highest BCUT2D eigenvalue weighted by atomic mass is 35.5. The molecule has 1 aromatic heterocycles. The summed E-state index contributed by atoms with van der Waals surface area (Å²) in [5, 5.41) is 9.77. The van der Waals surface area contributed by atoms with Crippen LogP contribution in [0, 0.1) is 11.3 Å². The van der Waals surface area contributed by atoms with Gasteiger partial charge >= 0.3 is 5.97 Å². The van der Waals surface area contributed by atoms with Crippen molar-refractivity contribution in [2.45, 2.75) is 13.0 Å². The standard InChI is InChI=1S/C13H9ClN2O2/c1-8(7-15)18-13(17)10-2-4-11-9(6-10)3-5-12(14)16-11/h2-6,8H,1H3. The van der Waals surface area contributed by atoms with Crippen LogP contribution in [0.15, 0.2) is 30.3 Å². The minimum absolute atomic E-state index is 0.383. The van der Waals surface area contributed by atoms with Crippen molar-refractivity contribution in [3.05, 3.63) is 41.0 Å². The Bertz CT molecular complexity index is 649. The van der Waals surface area contributed by atoms with E-state index in [1.54, 1.807) is 30.3 Å². The van der Waals surface area contributed by atoms with E-state index in [2.05, 4.69) is 4.98 Å². The average Bonchev–Trinajstić information content (AvgIpc) is 2.37. The maximum Gasteiger partial charge on any atom is 0.339 e. The number of fused-ring (bicyclic) bond motifs is 1. The van der Waals surface area contributed by atoms with Crippen molar-refractivity contribution < 1.29 is 9.53 Å². The molecular weight excluding hydrogens is 252 g/mol. The van der Waals surface area contributed by atoms with Crippen LogP contribution < -0.4 is 0 Å². The molecule has 0 spiro atoms. The van der Waals surface area contributed by atoms with Gasteiger partial charge < -0.3 is 4.74 Å². The zero-order chi connectivity index (χ0) is 13.1. The van der Waals surface area contributed by atoms with Gasteiger partial charge in [0, 0.05) is 5.39 Å². The Hall–Kier alpha value is -2.12. The lowest BCUT2D eigenvalue weighted by atomic mass is 10.1. The van der Waals surface area contributed by atoms with E-state index in [0.29, 0.717) is 16.2 Å². The number of ether oxygens (including phenoxy) is 1. The fourth-order valence-corrected chi connectivity index (χ4v) is 1.64. The lowest BCUT2D eigenvalue weighted by molar-refractivity contribution is 0.0435. The first-order valence-electron chi connectivity index (χ1n) is 5.27. The van der Waals surface area contributed by atoms with E-state index in [0.717, 1.165) is 5.39 Å². The first-order chi connectivity index (χ1) is 8.60. The van der Waals surface area contributed by atoms with Gasteiger partial charge in [0.25, 0.3) is 0 Å². The molecule has 0 saturated heterocycles. The number of benzene rings is 1. The Morgan fingerprint density at radius 1 is 1.44 bits per heavy atom. The van der Waals surface area contributed by atoms with Gasteiger partial charge in [-0.3, -0.25) is 0 Å². The van der Waals surface area contributed by atoms with E-state index < -0.39 is 12.1 Å². The molecule has 0 radical (unpaired) electrons. The van der Waals surface area contributed by atoms with Crippen molar-refractivity contribution >= 4 is 28.5 Å². The summed E-state index contributed by atoms with van der Waals surface area (Å²) < 4.78 is 4.91. The second-order valence-electron chi connectivity index (χ2n) is 3.72. The zero-order valence-corrected chi connectivity index (χ0v) is 10.3. The van der Waals surface area contributed by atoms with Gasteiger partial charge in [-0.15, -0.1) is 0 Å². The molecule has 1 unspecified atom stereocenters. The molecule has 2 rings (SSSR count). The van der Waals surface area contributed by atoms with Gasteiger partial charge in [-0.1, -0.05) is 11.6 Å². The second kappa shape index (κ2) is 5.03. The third kappa shape index (κ3) is 2.58. The number of aromatic nitrogens is 1. The number of hydrogen-bond donors (Lipinski definition) is 0. The third-order valence-electron chi connectivity index (χ3n) is 2.36. The number of halogens is 1. The van der Waals surface area contributed by atoms with Gasteiger partial charge in [-0.25, -0.2) is 9.78 Å². The maximum atomic E-state index is 11.7. The van der Waals surface area contributed by atoms with Crippen molar-refractivity contribution in [1.29, 1.82) is 5.26 Å². The van der Waals surface area contributed by atoms with Crippen LogP contribution in [-0.2, 0) is 4.74 Å². The number of rotatable bonds is 2. The number of esters is 1. The fourth-order valence-electron chi connectivity index (χ4n) is 1.48. The predicted molar refractivity (Wildman–Crippen MR) is 67.2 cm³/mol. The molecular formula is C13H9ClN2O2. The van der Waals surface area contributed by atoms with Crippen LogP contribution in [0.3, 0.4) is 0 Å². The van der Waals surface area contributed by atoms with Gasteiger partial charge in [0.2, 0.25) is 0 Å². The van der Waals surface area contributed by atoms with E-state index in [4.69, 9.17) is 21.6 Å². The summed E-state index contributed by atoms with van der Waals surface area (Å²) in [6, 6.07) is 10.2. The lowest BCUT2D eigenvalue weighted by Crippen LogP contribution is -2.12. The van der Waals surface area contributed by atoms with E-state index in [1.807, 2.05) is 6.07 Å². The Labute approximate surface area is 109 Å². The molecule has 90 valence electrons. The van der Waals surface area contributed by atoms with Crippen LogP contribution in [0.4, 0.5) is 0 Å². The van der Waals surface area contributed by atoms with Gasteiger partial charge in [0.15, 0.2) is 6.10 Å². The largest absolute Gasteiger partial charge is 0.444 e. The van der Waals surface area contributed by atoms with Crippen LogP contribution in [0.25, 0.3) is 10.9 Å². The summed E-state index contributed by atoms with van der Waals surface area (Å²) in [6.07, 6.45) is -0.767. The lowest BCUT2D eigenvalue weighted by Gasteiger charge is -2.06. The molecule has 0 aliphatic heterocycles. The Morgan fingerprint density at radius 2 is 2.22 bits per heavy atom. The van der Waals surface area contributed by atoms with E-state index in [9.17, 15) is 4.79 Å². The van der Waals surface area contributed by atoms with Crippen LogP contribution in [0.2, 0.25) is 5.15 Å². The minimum Gasteiger partial charge on any atom is -0.444 e. The van der Waals surface area contributed by atoms with Gasteiger partial charge in [0.1, 0.15) is 11.2 Å². The summed E-state index contributed by atoms with van der Waals surface area (Å²) in [5.74, 6) is -0.527. The van der Waals surface area contributed by atoms with Crippen molar-refractivity contribution in [3.63, 3.8) is 0 Å². The van der Waals surface area contributed by atoms with Crippen LogP contribution in [-0.4, -0.2) is 17.1 Å². The Morgan fingerprint density at radius 3 is 2.94 bits per heavy atom. The van der Waals surface area contributed by atoms with Crippen molar-refractivity contribution in [1.82, 2.24) is 4.98 Å². The average molecular weight is 261 g/mol. The quantitative estimate of drug-likeness (QED) is 0.615. The molecule has 0 aliphatic rings. The summed E-state index contributed by atoms with van der Waals surface area (Å²) in [6.45, 7) is 1.51. The minimum atomic E-state index is -0.767. The first kappa shape index (κ1) is 12.3. The molecule has 0 saturated carbocycles. The highest BCUT2D eigenvalue weighted by molar-refractivity contribution is 6.29. The molecule has 0 bridgehead atoms. The van der Waals surface area contributed by atoms with Crippen LogP contribution >= 0.6 is 11.6 Å².